The van der Waals surface area contributed by atoms with Gasteiger partial charge in [0.2, 0.25) is 5.91 Å². The highest BCUT2D eigenvalue weighted by Crippen LogP contribution is 2.23. The second-order valence-corrected chi connectivity index (χ2v) is 6.64. The van der Waals surface area contributed by atoms with Crippen LogP contribution in [0.3, 0.4) is 0 Å². The minimum absolute atomic E-state index is 0.126. The molecule has 6 heteroatoms. The van der Waals surface area contributed by atoms with Crippen molar-refractivity contribution in [3.8, 4) is 0 Å². The zero-order valence-electron chi connectivity index (χ0n) is 13.1. The number of rotatable bonds is 3. The Morgan fingerprint density at radius 3 is 2.57 bits per heavy atom. The molecule has 1 amide bonds. The Morgan fingerprint density at radius 1 is 1.22 bits per heavy atom. The molecule has 0 N–H and O–H groups in total. The van der Waals surface area contributed by atoms with E-state index < -0.39 is 0 Å². The Labute approximate surface area is 141 Å². The molecular formula is C17H22ClFN2O2. The van der Waals surface area contributed by atoms with Gasteiger partial charge in [-0.15, -0.1) is 0 Å². The normalized spacial score (nSPS) is 20.7. The predicted molar refractivity (Wildman–Crippen MR) is 86.8 cm³/mol. The Balaban J connectivity index is 1.49. The van der Waals surface area contributed by atoms with Crippen LogP contribution in [-0.4, -0.2) is 55.1 Å². The van der Waals surface area contributed by atoms with Crippen LogP contribution in [0.4, 0.5) is 4.39 Å². The molecule has 0 spiro atoms. The Morgan fingerprint density at radius 2 is 1.91 bits per heavy atom. The second-order valence-electron chi connectivity index (χ2n) is 6.24. The average Bonchev–Trinajstić information content (AvgIpc) is 2.59. The van der Waals surface area contributed by atoms with Crippen molar-refractivity contribution < 1.29 is 13.9 Å². The van der Waals surface area contributed by atoms with Gasteiger partial charge in [-0.2, -0.15) is 0 Å². The summed E-state index contributed by atoms with van der Waals surface area (Å²) in [4.78, 5) is 16.7. The van der Waals surface area contributed by atoms with Gasteiger partial charge in [-0.25, -0.2) is 4.39 Å². The minimum atomic E-state index is -0.384. The van der Waals surface area contributed by atoms with Gasteiger partial charge < -0.3 is 9.64 Å². The SMILES string of the molecule is O=C(C1CCN(Cc2ccc(F)c(Cl)c2)CC1)N1CCOCC1. The van der Waals surface area contributed by atoms with E-state index in [-0.39, 0.29) is 22.7 Å². The number of nitrogens with zero attached hydrogens (tertiary/aromatic N) is 2. The number of carbonyl (C=O) groups excluding carboxylic acids is 1. The molecule has 2 aliphatic rings. The van der Waals surface area contributed by atoms with Gasteiger partial charge in [0, 0.05) is 25.6 Å². The van der Waals surface area contributed by atoms with Crippen molar-refractivity contribution in [1.29, 1.82) is 0 Å². The lowest BCUT2D eigenvalue weighted by molar-refractivity contribution is -0.141. The van der Waals surface area contributed by atoms with Crippen LogP contribution in [0.5, 0.6) is 0 Å². The summed E-state index contributed by atoms with van der Waals surface area (Å²) in [6, 6.07) is 4.86. The van der Waals surface area contributed by atoms with Crippen molar-refractivity contribution >= 4 is 17.5 Å². The average molecular weight is 341 g/mol. The highest BCUT2D eigenvalue weighted by atomic mass is 35.5. The van der Waals surface area contributed by atoms with Gasteiger partial charge in [-0.3, -0.25) is 9.69 Å². The third-order valence-electron chi connectivity index (χ3n) is 4.65. The van der Waals surface area contributed by atoms with Crippen LogP contribution in [0.15, 0.2) is 18.2 Å². The molecular weight excluding hydrogens is 319 g/mol. The van der Waals surface area contributed by atoms with Crippen molar-refractivity contribution in [2.24, 2.45) is 5.92 Å². The molecule has 2 saturated heterocycles. The smallest absolute Gasteiger partial charge is 0.225 e. The maximum Gasteiger partial charge on any atom is 0.225 e. The first-order valence-corrected chi connectivity index (χ1v) is 8.54. The van der Waals surface area contributed by atoms with Gasteiger partial charge in [-0.05, 0) is 43.6 Å². The van der Waals surface area contributed by atoms with Crippen LogP contribution < -0.4 is 0 Å². The minimum Gasteiger partial charge on any atom is -0.378 e. The largest absolute Gasteiger partial charge is 0.378 e. The first-order valence-electron chi connectivity index (χ1n) is 8.16. The molecule has 23 heavy (non-hydrogen) atoms. The van der Waals surface area contributed by atoms with Gasteiger partial charge in [0.05, 0.1) is 18.2 Å². The van der Waals surface area contributed by atoms with E-state index >= 15 is 0 Å². The summed E-state index contributed by atoms with van der Waals surface area (Å²) in [6.07, 6.45) is 1.76. The second kappa shape index (κ2) is 7.60. The van der Waals surface area contributed by atoms with E-state index in [9.17, 15) is 9.18 Å². The molecule has 4 nitrogen and oxygen atoms in total. The number of likely N-dealkylation sites (tertiary alicyclic amines) is 1. The summed E-state index contributed by atoms with van der Waals surface area (Å²) in [5.74, 6) is 0.0177. The molecule has 1 aromatic rings. The number of amides is 1. The summed E-state index contributed by atoms with van der Waals surface area (Å²) < 4.78 is 18.5. The zero-order valence-corrected chi connectivity index (χ0v) is 13.9. The molecule has 2 aliphatic heterocycles. The number of hydrogen-bond acceptors (Lipinski definition) is 3. The summed E-state index contributed by atoms with van der Waals surface area (Å²) in [5, 5.41) is 0.167. The van der Waals surface area contributed by atoms with Crippen LogP contribution in [0.2, 0.25) is 5.02 Å². The van der Waals surface area contributed by atoms with Crippen LogP contribution in [0.25, 0.3) is 0 Å². The number of benzene rings is 1. The third-order valence-corrected chi connectivity index (χ3v) is 4.94. The van der Waals surface area contributed by atoms with Gasteiger partial charge in [0.15, 0.2) is 0 Å². The highest BCUT2D eigenvalue weighted by molar-refractivity contribution is 6.30. The van der Waals surface area contributed by atoms with Crippen molar-refractivity contribution in [3.63, 3.8) is 0 Å². The van der Waals surface area contributed by atoms with Crippen LogP contribution in [0, 0.1) is 11.7 Å². The molecule has 0 atom stereocenters. The maximum atomic E-state index is 13.2. The van der Waals surface area contributed by atoms with Gasteiger partial charge in [0.25, 0.3) is 0 Å². The molecule has 0 radical (unpaired) electrons. The molecule has 3 rings (SSSR count). The lowest BCUT2D eigenvalue weighted by atomic mass is 9.94. The molecule has 2 heterocycles. The summed E-state index contributed by atoms with van der Waals surface area (Å²) in [7, 11) is 0. The molecule has 126 valence electrons. The summed E-state index contributed by atoms with van der Waals surface area (Å²) in [6.45, 7) is 5.25. The fourth-order valence-electron chi connectivity index (χ4n) is 3.28. The topological polar surface area (TPSA) is 32.8 Å². The van der Waals surface area contributed by atoms with Gasteiger partial charge >= 0.3 is 0 Å². The first kappa shape index (κ1) is 16.7. The predicted octanol–water partition coefficient (Wildman–Crippen LogP) is 2.55. The lowest BCUT2D eigenvalue weighted by Crippen LogP contribution is -2.46. The Kier molecular flexibility index (Phi) is 5.51. The third kappa shape index (κ3) is 4.22. The molecule has 0 aromatic heterocycles. The summed E-state index contributed by atoms with van der Waals surface area (Å²) in [5.41, 5.74) is 1.01. The van der Waals surface area contributed by atoms with E-state index in [4.69, 9.17) is 16.3 Å². The molecule has 2 fully saturated rings. The number of piperidine rings is 1. The molecule has 0 bridgehead atoms. The number of halogens is 2. The van der Waals surface area contributed by atoms with E-state index in [1.807, 2.05) is 4.90 Å². The fourth-order valence-corrected chi connectivity index (χ4v) is 3.48. The maximum absolute atomic E-state index is 13.2. The highest BCUT2D eigenvalue weighted by Gasteiger charge is 2.29. The zero-order chi connectivity index (χ0) is 16.2. The number of carbonyl (C=O) groups is 1. The molecule has 0 saturated carbocycles. The summed E-state index contributed by atoms with van der Waals surface area (Å²) >= 11 is 5.83. The van der Waals surface area contributed by atoms with Crippen molar-refractivity contribution in [3.05, 3.63) is 34.6 Å². The molecule has 0 unspecified atom stereocenters. The van der Waals surface area contributed by atoms with E-state index in [1.165, 1.54) is 6.07 Å². The number of hydrogen-bond donors (Lipinski definition) is 0. The van der Waals surface area contributed by atoms with Crippen LogP contribution >= 0.6 is 11.6 Å². The molecule has 0 aliphatic carbocycles. The van der Waals surface area contributed by atoms with E-state index in [0.29, 0.717) is 26.3 Å². The van der Waals surface area contributed by atoms with Crippen LogP contribution in [-0.2, 0) is 16.1 Å². The Bertz CT molecular complexity index is 556. The van der Waals surface area contributed by atoms with Gasteiger partial charge in [0.1, 0.15) is 5.82 Å². The molecule has 1 aromatic carbocycles. The number of morpholine rings is 1. The quantitative estimate of drug-likeness (QED) is 0.847. The number of ether oxygens (including phenoxy) is 1. The van der Waals surface area contributed by atoms with Crippen molar-refractivity contribution in [2.45, 2.75) is 19.4 Å². The van der Waals surface area contributed by atoms with E-state index in [2.05, 4.69) is 4.90 Å². The lowest BCUT2D eigenvalue weighted by Gasteiger charge is -2.35. The fraction of sp³-hybridized carbons (Fsp3) is 0.588. The Hall–Kier alpha value is -1.17. The standard InChI is InChI=1S/C17H22ClFN2O2/c18-15-11-13(1-2-16(15)19)12-20-5-3-14(4-6-20)17(22)21-7-9-23-10-8-21/h1-2,11,14H,3-10,12H2. The van der Waals surface area contributed by atoms with Crippen molar-refractivity contribution in [2.75, 3.05) is 39.4 Å². The monoisotopic (exact) mass is 340 g/mol. The van der Waals surface area contributed by atoms with E-state index in [0.717, 1.165) is 38.0 Å². The van der Waals surface area contributed by atoms with Crippen molar-refractivity contribution in [1.82, 2.24) is 9.80 Å². The first-order chi connectivity index (χ1) is 11.1. The van der Waals surface area contributed by atoms with Gasteiger partial charge in [-0.1, -0.05) is 17.7 Å². The van der Waals surface area contributed by atoms with E-state index in [1.54, 1.807) is 12.1 Å². The van der Waals surface area contributed by atoms with Crippen LogP contribution in [0.1, 0.15) is 18.4 Å².